The molecular formula is C21H37NO5. The van der Waals surface area contributed by atoms with E-state index in [1.807, 2.05) is 0 Å². The van der Waals surface area contributed by atoms with E-state index >= 15 is 0 Å². The topological polar surface area (TPSA) is 68.2 Å². The second-order valence-electron chi connectivity index (χ2n) is 8.46. The first kappa shape index (κ1) is 21.0. The molecule has 3 fully saturated rings. The Balaban J connectivity index is 1.31. The molecule has 4 atom stereocenters. The quantitative estimate of drug-likeness (QED) is 0.336. The average molecular weight is 384 g/mol. The minimum absolute atomic E-state index is 0.266. The average Bonchev–Trinajstić information content (AvgIpc) is 3.27. The number of hydrogen-bond acceptors (Lipinski definition) is 5. The second kappa shape index (κ2) is 10.7. The molecular weight excluding hydrogens is 346 g/mol. The van der Waals surface area contributed by atoms with Crippen molar-refractivity contribution in [2.24, 2.45) is 11.8 Å². The van der Waals surface area contributed by atoms with Crippen LogP contribution in [0.5, 0.6) is 0 Å². The van der Waals surface area contributed by atoms with Crippen molar-refractivity contribution in [1.82, 2.24) is 5.06 Å². The number of carbonyl (C=O) groups excluding carboxylic acids is 1. The third kappa shape index (κ3) is 6.14. The zero-order valence-electron chi connectivity index (χ0n) is 16.8. The zero-order chi connectivity index (χ0) is 19.1. The minimum atomic E-state index is -0.266. The lowest BCUT2D eigenvalue weighted by molar-refractivity contribution is -0.159. The van der Waals surface area contributed by atoms with Gasteiger partial charge in [-0.3, -0.25) is 10.0 Å². The summed E-state index contributed by atoms with van der Waals surface area (Å²) < 4.78 is 18.1. The first-order valence-electron chi connectivity index (χ1n) is 11.0. The Morgan fingerprint density at radius 1 is 1.00 bits per heavy atom. The van der Waals surface area contributed by atoms with Gasteiger partial charge >= 0.3 is 0 Å². The Kier molecular flexibility index (Phi) is 8.37. The second-order valence-corrected chi connectivity index (χ2v) is 8.46. The van der Waals surface area contributed by atoms with Crippen molar-refractivity contribution in [3.05, 3.63) is 0 Å². The van der Waals surface area contributed by atoms with Gasteiger partial charge in [0.1, 0.15) is 0 Å². The van der Waals surface area contributed by atoms with Crippen molar-refractivity contribution in [3.63, 3.8) is 0 Å². The third-order valence-corrected chi connectivity index (χ3v) is 6.58. The molecule has 1 aliphatic carbocycles. The summed E-state index contributed by atoms with van der Waals surface area (Å²) in [5.74, 6) is 0.933. The van der Waals surface area contributed by atoms with Gasteiger partial charge in [-0.2, -0.15) is 0 Å². The standard InChI is InChI=1S/C21H37NO5/c1-22(24)21(23)8-5-13-25-14-11-17-18(20-10-9-19(17)27-20)12-15-26-16-6-3-2-4-7-16/h16-20,24H,2-15H2,1H3. The van der Waals surface area contributed by atoms with Gasteiger partial charge < -0.3 is 14.2 Å². The van der Waals surface area contributed by atoms with Gasteiger partial charge in [0.2, 0.25) is 5.91 Å². The molecule has 3 rings (SSSR count). The molecule has 156 valence electrons. The molecule has 27 heavy (non-hydrogen) atoms. The number of nitrogens with zero attached hydrogens (tertiary/aromatic N) is 1. The van der Waals surface area contributed by atoms with E-state index in [0.717, 1.165) is 26.1 Å². The Morgan fingerprint density at radius 2 is 1.67 bits per heavy atom. The van der Waals surface area contributed by atoms with Crippen molar-refractivity contribution >= 4 is 5.91 Å². The van der Waals surface area contributed by atoms with Crippen molar-refractivity contribution in [1.29, 1.82) is 0 Å². The molecule has 1 saturated carbocycles. The summed E-state index contributed by atoms with van der Waals surface area (Å²) in [5.41, 5.74) is 0. The van der Waals surface area contributed by atoms with Gasteiger partial charge in [-0.1, -0.05) is 19.3 Å². The van der Waals surface area contributed by atoms with Gasteiger partial charge in [-0.25, -0.2) is 5.06 Å². The van der Waals surface area contributed by atoms with Gasteiger partial charge in [-0.05, 0) is 56.8 Å². The molecule has 0 radical (unpaired) electrons. The van der Waals surface area contributed by atoms with E-state index in [9.17, 15) is 4.79 Å². The molecule has 0 aromatic rings. The summed E-state index contributed by atoms with van der Waals surface area (Å²) in [4.78, 5) is 11.3. The molecule has 6 nitrogen and oxygen atoms in total. The molecule has 2 aliphatic heterocycles. The number of amides is 1. The molecule has 6 heteroatoms. The molecule has 0 aromatic heterocycles. The van der Waals surface area contributed by atoms with Crippen molar-refractivity contribution in [2.75, 3.05) is 26.9 Å². The van der Waals surface area contributed by atoms with E-state index in [1.165, 1.54) is 52.0 Å². The number of fused-ring (bicyclic) bond motifs is 2. The number of rotatable bonds is 11. The van der Waals surface area contributed by atoms with Gasteiger partial charge in [0.15, 0.2) is 0 Å². The van der Waals surface area contributed by atoms with E-state index in [1.54, 1.807) is 0 Å². The summed E-state index contributed by atoms with van der Waals surface area (Å²) in [6.45, 7) is 2.16. The number of carbonyl (C=O) groups is 1. The molecule has 1 N–H and O–H groups in total. The largest absolute Gasteiger partial charge is 0.381 e. The first-order chi connectivity index (χ1) is 13.1. The summed E-state index contributed by atoms with van der Waals surface area (Å²) in [5, 5.41) is 9.67. The number of hydroxylamine groups is 2. The Morgan fingerprint density at radius 3 is 2.33 bits per heavy atom. The van der Waals surface area contributed by atoms with Crippen LogP contribution < -0.4 is 0 Å². The van der Waals surface area contributed by atoms with Crippen LogP contribution in [-0.2, 0) is 19.0 Å². The molecule has 3 aliphatic rings. The van der Waals surface area contributed by atoms with Crippen molar-refractivity contribution < 1.29 is 24.2 Å². The van der Waals surface area contributed by atoms with E-state index in [-0.39, 0.29) is 5.91 Å². The zero-order valence-corrected chi connectivity index (χ0v) is 16.8. The third-order valence-electron chi connectivity index (χ3n) is 6.58. The van der Waals surface area contributed by atoms with Crippen LogP contribution in [-0.4, -0.2) is 61.4 Å². The molecule has 2 saturated heterocycles. The van der Waals surface area contributed by atoms with Gasteiger partial charge in [0, 0.05) is 33.3 Å². The highest BCUT2D eigenvalue weighted by atomic mass is 16.5. The SMILES string of the molecule is CN(O)C(=O)CCCOCCC1C2CCC(O2)C1CCOC1CCCCC1. The Bertz CT molecular complexity index is 452. The van der Waals surface area contributed by atoms with Crippen LogP contribution in [0.25, 0.3) is 0 Å². The maximum atomic E-state index is 11.3. The van der Waals surface area contributed by atoms with Gasteiger partial charge in [0.25, 0.3) is 0 Å². The van der Waals surface area contributed by atoms with Crippen LogP contribution >= 0.6 is 0 Å². The molecule has 2 bridgehead atoms. The van der Waals surface area contributed by atoms with Crippen LogP contribution in [0.15, 0.2) is 0 Å². The highest BCUT2D eigenvalue weighted by Gasteiger charge is 2.47. The van der Waals surface area contributed by atoms with Gasteiger partial charge in [-0.15, -0.1) is 0 Å². The maximum absolute atomic E-state index is 11.3. The molecule has 0 aromatic carbocycles. The van der Waals surface area contributed by atoms with Crippen LogP contribution in [0.1, 0.15) is 70.6 Å². The lowest BCUT2D eigenvalue weighted by Crippen LogP contribution is -2.30. The summed E-state index contributed by atoms with van der Waals surface area (Å²) >= 11 is 0. The van der Waals surface area contributed by atoms with Crippen LogP contribution in [0, 0.1) is 11.8 Å². The van der Waals surface area contributed by atoms with Crippen LogP contribution in [0.2, 0.25) is 0 Å². The fraction of sp³-hybridized carbons (Fsp3) is 0.952. The monoisotopic (exact) mass is 383 g/mol. The van der Waals surface area contributed by atoms with Crippen molar-refractivity contribution in [3.8, 4) is 0 Å². The highest BCUT2D eigenvalue weighted by molar-refractivity contribution is 5.74. The van der Waals surface area contributed by atoms with Gasteiger partial charge in [0.05, 0.1) is 18.3 Å². The number of ether oxygens (including phenoxy) is 3. The summed E-state index contributed by atoms with van der Waals surface area (Å²) in [7, 11) is 1.36. The highest BCUT2D eigenvalue weighted by Crippen LogP contribution is 2.46. The lowest BCUT2D eigenvalue weighted by atomic mass is 9.76. The van der Waals surface area contributed by atoms with E-state index in [0.29, 0.717) is 54.7 Å². The Labute approximate surface area is 163 Å². The Hall–Kier alpha value is -0.690. The summed E-state index contributed by atoms with van der Waals surface area (Å²) in [6.07, 6.45) is 13.3. The van der Waals surface area contributed by atoms with Crippen LogP contribution in [0.3, 0.4) is 0 Å². The van der Waals surface area contributed by atoms with E-state index in [4.69, 9.17) is 19.4 Å². The minimum Gasteiger partial charge on any atom is -0.381 e. The normalized spacial score (nSPS) is 30.7. The summed E-state index contributed by atoms with van der Waals surface area (Å²) in [6, 6.07) is 0. The van der Waals surface area contributed by atoms with Crippen molar-refractivity contribution in [2.45, 2.75) is 88.9 Å². The number of hydrogen-bond donors (Lipinski definition) is 1. The maximum Gasteiger partial charge on any atom is 0.245 e. The molecule has 2 heterocycles. The van der Waals surface area contributed by atoms with E-state index in [2.05, 4.69) is 0 Å². The molecule has 1 amide bonds. The fourth-order valence-corrected chi connectivity index (χ4v) is 5.08. The predicted octanol–water partition coefficient (Wildman–Crippen LogP) is 3.55. The fourth-order valence-electron chi connectivity index (χ4n) is 5.08. The predicted molar refractivity (Wildman–Crippen MR) is 102 cm³/mol. The molecule has 0 spiro atoms. The smallest absolute Gasteiger partial charge is 0.245 e. The van der Waals surface area contributed by atoms with E-state index < -0.39 is 0 Å². The first-order valence-corrected chi connectivity index (χ1v) is 11.0. The molecule has 4 unspecified atom stereocenters. The van der Waals surface area contributed by atoms with Crippen LogP contribution in [0.4, 0.5) is 0 Å². The lowest BCUT2D eigenvalue weighted by Gasteiger charge is -2.29.